The molecule has 1 heterocycles. The van der Waals surface area contributed by atoms with Crippen molar-refractivity contribution in [3.63, 3.8) is 0 Å². The van der Waals surface area contributed by atoms with Crippen molar-refractivity contribution in [3.05, 3.63) is 0 Å². The lowest BCUT2D eigenvalue weighted by molar-refractivity contribution is -0.172. The van der Waals surface area contributed by atoms with E-state index in [0.717, 1.165) is 22.8 Å². The van der Waals surface area contributed by atoms with E-state index in [1.165, 1.54) is 38.5 Å². The van der Waals surface area contributed by atoms with E-state index in [1.54, 1.807) is 11.8 Å². The van der Waals surface area contributed by atoms with Crippen molar-refractivity contribution in [1.82, 2.24) is 0 Å². The van der Waals surface area contributed by atoms with Crippen LogP contribution in [0.1, 0.15) is 52.4 Å². The van der Waals surface area contributed by atoms with Crippen LogP contribution in [0, 0.1) is 23.2 Å². The van der Waals surface area contributed by atoms with Crippen LogP contribution in [0.3, 0.4) is 0 Å². The van der Waals surface area contributed by atoms with E-state index in [9.17, 15) is 5.11 Å². The van der Waals surface area contributed by atoms with Gasteiger partial charge in [-0.1, -0.05) is 0 Å². The quantitative estimate of drug-likeness (QED) is 0.787. The molecule has 0 saturated heterocycles. The highest BCUT2D eigenvalue weighted by atomic mass is 32.2. The summed E-state index contributed by atoms with van der Waals surface area (Å²) >= 11 is 1.78. The van der Waals surface area contributed by atoms with E-state index in [-0.39, 0.29) is 10.7 Å². The van der Waals surface area contributed by atoms with Gasteiger partial charge in [-0.2, -0.15) is 0 Å². The van der Waals surface area contributed by atoms with Crippen LogP contribution in [0.4, 0.5) is 0 Å². The van der Waals surface area contributed by atoms with Gasteiger partial charge >= 0.3 is 0 Å². The molecule has 4 aliphatic carbocycles. The molecule has 0 aromatic carbocycles. The molecule has 3 heteroatoms. The van der Waals surface area contributed by atoms with Crippen LogP contribution in [-0.4, -0.2) is 21.1 Å². The normalized spacial score (nSPS) is 58.1. The van der Waals surface area contributed by atoms with Crippen LogP contribution in [0.2, 0.25) is 0 Å². The maximum atomic E-state index is 11.3. The predicted molar refractivity (Wildman–Crippen MR) is 75.7 cm³/mol. The third-order valence-electron chi connectivity index (χ3n) is 6.06. The van der Waals surface area contributed by atoms with Crippen molar-refractivity contribution in [1.29, 1.82) is 0 Å². The van der Waals surface area contributed by atoms with Gasteiger partial charge in [-0.25, -0.2) is 4.99 Å². The van der Waals surface area contributed by atoms with Gasteiger partial charge < -0.3 is 5.11 Å². The summed E-state index contributed by atoms with van der Waals surface area (Å²) in [7, 11) is 0. The second kappa shape index (κ2) is 3.54. The van der Waals surface area contributed by atoms with E-state index >= 15 is 0 Å². The average molecular weight is 265 g/mol. The highest BCUT2D eigenvalue weighted by Gasteiger charge is 2.63. The van der Waals surface area contributed by atoms with Gasteiger partial charge in [-0.3, -0.25) is 0 Å². The molecule has 100 valence electrons. The summed E-state index contributed by atoms with van der Waals surface area (Å²) in [5.41, 5.74) is -0.649. The smallest absolute Gasteiger partial charge is 0.174 e. The van der Waals surface area contributed by atoms with E-state index in [4.69, 9.17) is 4.99 Å². The number of aliphatic imine (C=N–C) groups is 1. The fraction of sp³-hybridized carbons (Fsp3) is 0.933. The van der Waals surface area contributed by atoms with Crippen LogP contribution in [-0.2, 0) is 0 Å². The van der Waals surface area contributed by atoms with Gasteiger partial charge in [0.1, 0.15) is 0 Å². The molecule has 0 unspecified atom stereocenters. The Morgan fingerprint density at radius 2 is 1.61 bits per heavy atom. The number of hydrogen-bond acceptors (Lipinski definition) is 3. The third kappa shape index (κ3) is 1.38. The maximum absolute atomic E-state index is 11.3. The Morgan fingerprint density at radius 3 is 2.00 bits per heavy atom. The Balaban J connectivity index is 1.75. The van der Waals surface area contributed by atoms with Gasteiger partial charge in [0, 0.05) is 5.41 Å². The molecule has 5 rings (SSSR count). The van der Waals surface area contributed by atoms with Gasteiger partial charge in [0.25, 0.3) is 0 Å². The molecular formula is C15H23NOS. The lowest BCUT2D eigenvalue weighted by Crippen LogP contribution is -2.60. The Morgan fingerprint density at radius 1 is 1.11 bits per heavy atom. The molecule has 0 spiro atoms. The summed E-state index contributed by atoms with van der Waals surface area (Å²) in [6.07, 6.45) is 7.99. The zero-order valence-corrected chi connectivity index (χ0v) is 12.2. The number of nitrogens with zero attached hydrogens (tertiary/aromatic N) is 1. The Bertz CT molecular complexity index is 383. The third-order valence-corrected chi connectivity index (χ3v) is 7.18. The monoisotopic (exact) mass is 265 g/mol. The summed E-state index contributed by atoms with van der Waals surface area (Å²) < 4.78 is 0. The summed E-state index contributed by atoms with van der Waals surface area (Å²) in [5, 5.41) is 12.6. The molecule has 1 aliphatic heterocycles. The fourth-order valence-electron chi connectivity index (χ4n) is 5.81. The number of hydrogen-bond donors (Lipinski definition) is 1. The first-order chi connectivity index (χ1) is 8.51. The predicted octanol–water partition coefficient (Wildman–Crippen LogP) is 3.45. The molecular weight excluding hydrogens is 242 g/mol. The lowest BCUT2D eigenvalue weighted by atomic mass is 9.46. The minimum Gasteiger partial charge on any atom is -0.368 e. The molecule has 4 saturated carbocycles. The number of aliphatic hydroxyl groups is 1. The molecule has 2 nitrogen and oxygen atoms in total. The van der Waals surface area contributed by atoms with E-state index in [0.29, 0.717) is 0 Å². The lowest BCUT2D eigenvalue weighted by Gasteiger charge is -2.61. The minimum absolute atomic E-state index is 0.117. The van der Waals surface area contributed by atoms with Crippen LogP contribution < -0.4 is 0 Å². The van der Waals surface area contributed by atoms with Crippen molar-refractivity contribution in [2.75, 3.05) is 0 Å². The second-order valence-electron chi connectivity index (χ2n) is 7.31. The second-order valence-corrected chi connectivity index (χ2v) is 8.85. The van der Waals surface area contributed by atoms with Crippen LogP contribution in [0.25, 0.3) is 0 Å². The summed E-state index contributed by atoms with van der Waals surface area (Å²) in [4.78, 5) is 4.73. The fourth-order valence-corrected chi connectivity index (χ4v) is 6.98. The molecule has 4 fully saturated rings. The molecule has 18 heavy (non-hydrogen) atoms. The SMILES string of the molecule is CC1=N[C@](O)(C23CC4CC(CC(C4)C2)C3)[C@@H](C)S1. The standard InChI is InChI=1S/C15H23NOS/c1-9-15(17,16-10(2)18-9)14-6-11-3-12(7-14)5-13(4-11)8-14/h9,11-13,17H,3-8H2,1-2H3/t9-,11?,12?,13?,14?,15-/m1/s1. The summed E-state index contributed by atoms with van der Waals surface area (Å²) in [6.45, 7) is 4.23. The van der Waals surface area contributed by atoms with E-state index in [2.05, 4.69) is 13.8 Å². The van der Waals surface area contributed by atoms with Gasteiger partial charge in [0.05, 0.1) is 10.3 Å². The van der Waals surface area contributed by atoms with E-state index < -0.39 is 5.72 Å². The first kappa shape index (κ1) is 11.8. The maximum Gasteiger partial charge on any atom is 0.174 e. The molecule has 0 aromatic rings. The van der Waals surface area contributed by atoms with Crippen LogP contribution in [0.15, 0.2) is 4.99 Å². The van der Waals surface area contributed by atoms with Gasteiger partial charge in [0.2, 0.25) is 0 Å². The zero-order valence-electron chi connectivity index (χ0n) is 11.4. The average Bonchev–Trinajstić information content (AvgIpc) is 2.52. The summed E-state index contributed by atoms with van der Waals surface area (Å²) in [6, 6.07) is 0. The number of rotatable bonds is 1. The Hall–Kier alpha value is -0.0200. The highest BCUT2D eigenvalue weighted by molar-refractivity contribution is 8.14. The Labute approximate surface area is 114 Å². The van der Waals surface area contributed by atoms with Gasteiger partial charge in [0.15, 0.2) is 5.72 Å². The van der Waals surface area contributed by atoms with Crippen molar-refractivity contribution in [2.45, 2.75) is 63.3 Å². The first-order valence-corrected chi connectivity index (χ1v) is 8.34. The number of thioether (sulfide) groups is 1. The highest BCUT2D eigenvalue weighted by Crippen LogP contribution is 2.66. The zero-order chi connectivity index (χ0) is 12.5. The Kier molecular flexibility index (Phi) is 2.32. The van der Waals surface area contributed by atoms with Gasteiger partial charge in [-0.15, -0.1) is 11.8 Å². The minimum atomic E-state index is -0.766. The molecule has 0 radical (unpaired) electrons. The van der Waals surface area contributed by atoms with E-state index in [1.807, 2.05) is 0 Å². The van der Waals surface area contributed by atoms with Crippen LogP contribution in [0.5, 0.6) is 0 Å². The largest absolute Gasteiger partial charge is 0.368 e. The van der Waals surface area contributed by atoms with Crippen molar-refractivity contribution < 1.29 is 5.11 Å². The molecule has 0 amide bonds. The first-order valence-electron chi connectivity index (χ1n) is 7.46. The topological polar surface area (TPSA) is 32.6 Å². The molecule has 4 bridgehead atoms. The van der Waals surface area contributed by atoms with Crippen molar-refractivity contribution >= 4 is 16.8 Å². The van der Waals surface area contributed by atoms with Gasteiger partial charge in [-0.05, 0) is 70.1 Å². The summed E-state index contributed by atoms with van der Waals surface area (Å²) in [5.74, 6) is 2.65. The van der Waals surface area contributed by atoms with Crippen molar-refractivity contribution in [2.24, 2.45) is 28.2 Å². The molecule has 2 atom stereocenters. The molecule has 5 aliphatic rings. The molecule has 0 aromatic heterocycles. The van der Waals surface area contributed by atoms with Crippen LogP contribution >= 0.6 is 11.8 Å². The van der Waals surface area contributed by atoms with Crippen molar-refractivity contribution in [3.8, 4) is 0 Å². The molecule has 1 N–H and O–H groups in total.